The number of hydrogen-bond donors (Lipinski definition) is 4. The molecule has 25 heavy (non-hydrogen) atoms. The van der Waals surface area contributed by atoms with Gasteiger partial charge < -0.3 is 21.4 Å². The first-order valence-electron chi connectivity index (χ1n) is 7.96. The fourth-order valence-electron chi connectivity index (χ4n) is 2.74. The minimum absolute atomic E-state index is 0.125. The molecule has 2 aromatic carbocycles. The summed E-state index contributed by atoms with van der Waals surface area (Å²) in [7, 11) is 0. The largest absolute Gasteiger partial charge is 0.358 e. The second-order valence-electron chi connectivity index (χ2n) is 6.00. The topological polar surface area (TPSA) is 100 Å². The third kappa shape index (κ3) is 3.63. The number of urea groups is 1. The standard InChI is InChI=1S/C19H20N4O2/c1-11-12(2)22-17-8-5-14(9-16(11)17)18(24)21-10-13-3-6-15(7-4-13)23-19(20)25/h3-9,22H,10H2,1-2H3,(H,21,24)(H3,20,23,25). The van der Waals surface area contributed by atoms with Gasteiger partial charge in [0.1, 0.15) is 0 Å². The number of aromatic nitrogens is 1. The minimum Gasteiger partial charge on any atom is -0.358 e. The first-order chi connectivity index (χ1) is 11.9. The predicted octanol–water partition coefficient (Wildman–Crippen LogP) is 3.21. The number of fused-ring (bicyclic) bond motifs is 1. The van der Waals surface area contributed by atoms with Gasteiger partial charge in [-0.15, -0.1) is 0 Å². The van der Waals surface area contributed by atoms with Gasteiger partial charge in [0.05, 0.1) is 0 Å². The smallest absolute Gasteiger partial charge is 0.316 e. The molecule has 6 nitrogen and oxygen atoms in total. The van der Waals surface area contributed by atoms with E-state index in [4.69, 9.17) is 5.73 Å². The monoisotopic (exact) mass is 336 g/mol. The lowest BCUT2D eigenvalue weighted by atomic mass is 10.1. The van der Waals surface area contributed by atoms with Gasteiger partial charge in [-0.2, -0.15) is 0 Å². The van der Waals surface area contributed by atoms with Crippen LogP contribution in [-0.2, 0) is 6.54 Å². The van der Waals surface area contributed by atoms with Crippen LogP contribution in [0.25, 0.3) is 10.9 Å². The van der Waals surface area contributed by atoms with Gasteiger partial charge in [-0.25, -0.2) is 4.79 Å². The van der Waals surface area contributed by atoms with Crippen LogP contribution in [0.15, 0.2) is 42.5 Å². The Morgan fingerprint density at radius 3 is 2.48 bits per heavy atom. The van der Waals surface area contributed by atoms with E-state index in [0.29, 0.717) is 17.8 Å². The molecular formula is C19H20N4O2. The highest BCUT2D eigenvalue weighted by atomic mass is 16.2. The van der Waals surface area contributed by atoms with Crippen LogP contribution in [0.2, 0.25) is 0 Å². The maximum atomic E-state index is 12.4. The second-order valence-corrected chi connectivity index (χ2v) is 6.00. The number of nitrogens with one attached hydrogen (secondary N) is 3. The summed E-state index contributed by atoms with van der Waals surface area (Å²) in [6.07, 6.45) is 0. The van der Waals surface area contributed by atoms with Crippen LogP contribution < -0.4 is 16.4 Å². The van der Waals surface area contributed by atoms with Crippen molar-refractivity contribution in [3.05, 3.63) is 64.8 Å². The number of anilines is 1. The SMILES string of the molecule is Cc1[nH]c2ccc(C(=O)NCc3ccc(NC(N)=O)cc3)cc2c1C. The zero-order valence-electron chi connectivity index (χ0n) is 14.1. The van der Waals surface area contributed by atoms with E-state index < -0.39 is 6.03 Å². The number of rotatable bonds is 4. The summed E-state index contributed by atoms with van der Waals surface area (Å²) < 4.78 is 0. The number of benzene rings is 2. The Hall–Kier alpha value is -3.28. The van der Waals surface area contributed by atoms with E-state index in [1.165, 1.54) is 0 Å². The van der Waals surface area contributed by atoms with Gasteiger partial charge in [0, 0.05) is 34.4 Å². The van der Waals surface area contributed by atoms with Gasteiger partial charge in [0.25, 0.3) is 5.91 Å². The molecule has 6 heteroatoms. The van der Waals surface area contributed by atoms with Gasteiger partial charge in [-0.05, 0) is 55.3 Å². The number of primary amides is 1. The number of carbonyl (C=O) groups excluding carboxylic acids is 2. The van der Waals surface area contributed by atoms with Crippen LogP contribution in [-0.4, -0.2) is 16.9 Å². The molecule has 0 aliphatic rings. The van der Waals surface area contributed by atoms with E-state index in [1.807, 2.05) is 44.2 Å². The lowest BCUT2D eigenvalue weighted by Crippen LogP contribution is -2.22. The third-order valence-corrected chi connectivity index (χ3v) is 4.24. The Morgan fingerprint density at radius 2 is 1.80 bits per heavy atom. The molecule has 0 aliphatic carbocycles. The summed E-state index contributed by atoms with van der Waals surface area (Å²) in [5, 5.41) is 6.46. The summed E-state index contributed by atoms with van der Waals surface area (Å²) in [5.41, 5.74) is 10.5. The highest BCUT2D eigenvalue weighted by Crippen LogP contribution is 2.22. The molecule has 0 radical (unpaired) electrons. The molecule has 5 N–H and O–H groups in total. The van der Waals surface area contributed by atoms with Gasteiger partial charge in [0.15, 0.2) is 0 Å². The number of H-pyrrole nitrogens is 1. The van der Waals surface area contributed by atoms with Crippen molar-refractivity contribution in [2.24, 2.45) is 5.73 Å². The van der Waals surface area contributed by atoms with Crippen molar-refractivity contribution in [1.82, 2.24) is 10.3 Å². The first-order valence-corrected chi connectivity index (χ1v) is 7.96. The Balaban J connectivity index is 1.68. The Labute approximate surface area is 145 Å². The molecule has 0 bridgehead atoms. The molecule has 0 saturated carbocycles. The normalized spacial score (nSPS) is 10.6. The molecule has 0 atom stereocenters. The van der Waals surface area contributed by atoms with E-state index in [2.05, 4.69) is 15.6 Å². The lowest BCUT2D eigenvalue weighted by molar-refractivity contribution is 0.0951. The van der Waals surface area contributed by atoms with Gasteiger partial charge >= 0.3 is 6.03 Å². The predicted molar refractivity (Wildman–Crippen MR) is 98.6 cm³/mol. The second kappa shape index (κ2) is 6.68. The molecule has 0 unspecified atom stereocenters. The van der Waals surface area contributed by atoms with Crippen molar-refractivity contribution in [2.45, 2.75) is 20.4 Å². The zero-order chi connectivity index (χ0) is 18.0. The minimum atomic E-state index is -0.605. The quantitative estimate of drug-likeness (QED) is 0.588. The van der Waals surface area contributed by atoms with Crippen molar-refractivity contribution in [3.8, 4) is 0 Å². The average Bonchev–Trinajstić information content (AvgIpc) is 2.87. The molecule has 3 aromatic rings. The molecular weight excluding hydrogens is 316 g/mol. The van der Waals surface area contributed by atoms with Crippen molar-refractivity contribution in [3.63, 3.8) is 0 Å². The van der Waals surface area contributed by atoms with E-state index in [9.17, 15) is 9.59 Å². The van der Waals surface area contributed by atoms with Crippen LogP contribution in [0.5, 0.6) is 0 Å². The average molecular weight is 336 g/mol. The highest BCUT2D eigenvalue weighted by Gasteiger charge is 2.10. The van der Waals surface area contributed by atoms with Crippen LogP contribution in [0.4, 0.5) is 10.5 Å². The molecule has 1 heterocycles. The summed E-state index contributed by atoms with van der Waals surface area (Å²) in [4.78, 5) is 26.5. The van der Waals surface area contributed by atoms with Crippen LogP contribution in [0, 0.1) is 13.8 Å². The first kappa shape index (κ1) is 16.6. The van der Waals surface area contributed by atoms with Gasteiger partial charge in [-0.1, -0.05) is 12.1 Å². The molecule has 0 aliphatic heterocycles. The number of hydrogen-bond acceptors (Lipinski definition) is 2. The van der Waals surface area contributed by atoms with Crippen molar-refractivity contribution >= 4 is 28.5 Å². The van der Waals surface area contributed by atoms with Crippen LogP contribution in [0.1, 0.15) is 27.2 Å². The maximum Gasteiger partial charge on any atom is 0.316 e. The molecule has 128 valence electrons. The number of nitrogens with two attached hydrogens (primary N) is 1. The van der Waals surface area contributed by atoms with Crippen molar-refractivity contribution in [1.29, 1.82) is 0 Å². The highest BCUT2D eigenvalue weighted by molar-refractivity contribution is 5.99. The van der Waals surface area contributed by atoms with Gasteiger partial charge in [0.2, 0.25) is 0 Å². The van der Waals surface area contributed by atoms with Crippen LogP contribution >= 0.6 is 0 Å². The lowest BCUT2D eigenvalue weighted by Gasteiger charge is -2.07. The van der Waals surface area contributed by atoms with Crippen molar-refractivity contribution < 1.29 is 9.59 Å². The summed E-state index contributed by atoms with van der Waals surface area (Å²) >= 11 is 0. The van der Waals surface area contributed by atoms with E-state index in [0.717, 1.165) is 27.7 Å². The number of amides is 3. The molecule has 3 rings (SSSR count). The van der Waals surface area contributed by atoms with E-state index >= 15 is 0 Å². The molecule has 3 amide bonds. The number of aryl methyl sites for hydroxylation is 2. The van der Waals surface area contributed by atoms with Gasteiger partial charge in [-0.3, -0.25) is 4.79 Å². The van der Waals surface area contributed by atoms with E-state index in [-0.39, 0.29) is 5.91 Å². The molecule has 1 aromatic heterocycles. The molecule has 0 spiro atoms. The summed E-state index contributed by atoms with van der Waals surface area (Å²) in [6, 6.07) is 12.2. The molecule has 0 saturated heterocycles. The van der Waals surface area contributed by atoms with Crippen LogP contribution in [0.3, 0.4) is 0 Å². The summed E-state index contributed by atoms with van der Waals surface area (Å²) in [6.45, 7) is 4.46. The molecule has 0 fully saturated rings. The number of aromatic amines is 1. The maximum absolute atomic E-state index is 12.4. The Kier molecular flexibility index (Phi) is 4.43. The Morgan fingerprint density at radius 1 is 1.08 bits per heavy atom. The Bertz CT molecular complexity index is 942. The fraction of sp³-hybridized carbons (Fsp3) is 0.158. The third-order valence-electron chi connectivity index (χ3n) is 4.24. The zero-order valence-corrected chi connectivity index (χ0v) is 14.1. The van der Waals surface area contributed by atoms with E-state index in [1.54, 1.807) is 12.1 Å². The number of carbonyl (C=O) groups is 2. The van der Waals surface area contributed by atoms with Crippen molar-refractivity contribution in [2.75, 3.05) is 5.32 Å². The summed E-state index contributed by atoms with van der Waals surface area (Å²) in [5.74, 6) is -0.125. The fourth-order valence-corrected chi connectivity index (χ4v) is 2.74.